The van der Waals surface area contributed by atoms with Gasteiger partial charge in [-0.1, -0.05) is 12.8 Å². The smallest absolute Gasteiger partial charge is 0.237 e. The molecular weight excluding hydrogens is 288 g/mol. The highest BCUT2D eigenvalue weighted by molar-refractivity contribution is 7.85. The van der Waals surface area contributed by atoms with Gasteiger partial charge in [-0.25, -0.2) is 0 Å². The summed E-state index contributed by atoms with van der Waals surface area (Å²) in [5, 5.41) is 2.70. The number of ether oxygens (including phenoxy) is 1. The molecule has 1 unspecified atom stereocenters. The predicted octanol–water partition coefficient (Wildman–Crippen LogP) is 2.15. The summed E-state index contributed by atoms with van der Waals surface area (Å²) in [7, 11) is 0.451. The molecule has 0 aromatic heterocycles. The van der Waals surface area contributed by atoms with E-state index in [2.05, 4.69) is 5.32 Å². The highest BCUT2D eigenvalue weighted by atomic mass is 32.2. The number of methoxy groups -OCH3 is 1. The van der Waals surface area contributed by atoms with Crippen molar-refractivity contribution in [1.29, 1.82) is 0 Å². The third-order valence-corrected chi connectivity index (χ3v) is 5.15. The molecule has 116 valence electrons. The fourth-order valence-corrected chi connectivity index (χ4v) is 3.95. The number of rotatable bonds is 6. The molecule has 0 aliphatic heterocycles. The number of nitrogen functional groups attached to an aromatic ring is 1. The Labute approximate surface area is 127 Å². The molecule has 21 heavy (non-hydrogen) atoms. The second kappa shape index (κ2) is 7.45. The minimum atomic E-state index is -1.10. The van der Waals surface area contributed by atoms with Gasteiger partial charge in [0.2, 0.25) is 5.91 Å². The lowest BCUT2D eigenvalue weighted by Gasteiger charge is -2.11. The number of carbonyl (C=O) groups is 1. The van der Waals surface area contributed by atoms with Crippen molar-refractivity contribution >= 4 is 28.1 Å². The molecule has 1 aromatic rings. The van der Waals surface area contributed by atoms with E-state index in [0.717, 1.165) is 12.8 Å². The van der Waals surface area contributed by atoms with Crippen LogP contribution in [0.4, 0.5) is 11.4 Å². The molecule has 1 aliphatic carbocycles. The third-order valence-electron chi connectivity index (χ3n) is 3.72. The van der Waals surface area contributed by atoms with Gasteiger partial charge in [-0.2, -0.15) is 0 Å². The summed E-state index contributed by atoms with van der Waals surface area (Å²) in [6.45, 7) is 0. The molecule has 1 atom stereocenters. The Morgan fingerprint density at radius 2 is 2.14 bits per heavy atom. The maximum absolute atomic E-state index is 12.0. The Morgan fingerprint density at radius 3 is 2.76 bits per heavy atom. The lowest BCUT2D eigenvalue weighted by atomic mass is 10.1. The second-order valence-corrected chi connectivity index (χ2v) is 6.90. The number of hydrogen-bond acceptors (Lipinski definition) is 4. The van der Waals surface area contributed by atoms with E-state index in [0.29, 0.717) is 28.8 Å². The monoisotopic (exact) mass is 310 g/mol. The molecule has 1 amide bonds. The zero-order valence-electron chi connectivity index (χ0n) is 12.3. The van der Waals surface area contributed by atoms with Gasteiger partial charge in [0.1, 0.15) is 11.5 Å². The summed E-state index contributed by atoms with van der Waals surface area (Å²) in [6.07, 6.45) is 4.71. The zero-order valence-corrected chi connectivity index (χ0v) is 13.1. The van der Waals surface area contributed by atoms with Gasteiger partial charge in [0.15, 0.2) is 0 Å². The molecule has 1 aliphatic rings. The van der Waals surface area contributed by atoms with Crippen molar-refractivity contribution in [3.05, 3.63) is 18.2 Å². The Morgan fingerprint density at radius 1 is 1.43 bits per heavy atom. The highest BCUT2D eigenvalue weighted by Gasteiger charge is 2.19. The molecule has 0 heterocycles. The summed E-state index contributed by atoms with van der Waals surface area (Å²) in [5.41, 5.74) is 6.80. The van der Waals surface area contributed by atoms with Gasteiger partial charge in [0.25, 0.3) is 0 Å². The van der Waals surface area contributed by atoms with Gasteiger partial charge in [-0.05, 0) is 30.9 Å². The first kappa shape index (κ1) is 15.8. The molecule has 0 spiro atoms. The Kier molecular flexibility index (Phi) is 5.61. The van der Waals surface area contributed by atoms with E-state index in [1.807, 2.05) is 0 Å². The van der Waals surface area contributed by atoms with Crippen molar-refractivity contribution in [2.75, 3.05) is 29.7 Å². The Balaban J connectivity index is 1.84. The summed E-state index contributed by atoms with van der Waals surface area (Å²) >= 11 is 0. The van der Waals surface area contributed by atoms with Crippen molar-refractivity contribution in [2.24, 2.45) is 5.92 Å². The standard InChI is InChI=1S/C15H22N2O3S/c1-20-12-6-7-14(13(16)8-12)17-15(18)10-21(19)9-11-4-2-3-5-11/h6-8,11H,2-5,9-10,16H2,1H3,(H,17,18). The molecule has 3 N–H and O–H groups in total. The van der Waals surface area contributed by atoms with Crippen LogP contribution in [0.25, 0.3) is 0 Å². The molecule has 2 rings (SSSR count). The normalized spacial score (nSPS) is 16.6. The summed E-state index contributed by atoms with van der Waals surface area (Å²) in [4.78, 5) is 11.9. The van der Waals surface area contributed by atoms with E-state index < -0.39 is 10.8 Å². The Bertz CT molecular complexity index is 528. The van der Waals surface area contributed by atoms with Gasteiger partial charge < -0.3 is 15.8 Å². The van der Waals surface area contributed by atoms with E-state index in [1.54, 1.807) is 25.3 Å². The molecule has 1 saturated carbocycles. The van der Waals surface area contributed by atoms with Gasteiger partial charge in [-0.3, -0.25) is 9.00 Å². The Hall–Kier alpha value is -1.56. The summed E-state index contributed by atoms with van der Waals surface area (Å²) < 4.78 is 17.0. The van der Waals surface area contributed by atoms with Gasteiger partial charge in [0.05, 0.1) is 18.5 Å². The zero-order chi connectivity index (χ0) is 15.2. The van der Waals surface area contributed by atoms with Crippen molar-refractivity contribution in [2.45, 2.75) is 25.7 Å². The van der Waals surface area contributed by atoms with Crippen molar-refractivity contribution in [1.82, 2.24) is 0 Å². The van der Waals surface area contributed by atoms with Crippen molar-refractivity contribution in [3.63, 3.8) is 0 Å². The van der Waals surface area contributed by atoms with E-state index in [9.17, 15) is 9.00 Å². The van der Waals surface area contributed by atoms with Crippen molar-refractivity contribution < 1.29 is 13.7 Å². The first-order chi connectivity index (χ1) is 10.1. The topological polar surface area (TPSA) is 81.4 Å². The van der Waals surface area contributed by atoms with Gasteiger partial charge >= 0.3 is 0 Å². The van der Waals surface area contributed by atoms with Crippen LogP contribution in [0.5, 0.6) is 5.75 Å². The van der Waals surface area contributed by atoms with E-state index in [1.165, 1.54) is 12.8 Å². The number of amides is 1. The quantitative estimate of drug-likeness (QED) is 0.789. The van der Waals surface area contributed by atoms with Crippen LogP contribution in [0, 0.1) is 5.92 Å². The number of nitrogens with two attached hydrogens (primary N) is 1. The van der Waals surface area contributed by atoms with Crippen LogP contribution in [0.15, 0.2) is 18.2 Å². The number of nitrogens with one attached hydrogen (secondary N) is 1. The molecule has 5 nitrogen and oxygen atoms in total. The molecule has 0 radical (unpaired) electrons. The van der Waals surface area contributed by atoms with E-state index in [4.69, 9.17) is 10.5 Å². The van der Waals surface area contributed by atoms with Gasteiger partial charge in [0, 0.05) is 22.6 Å². The maximum atomic E-state index is 12.0. The summed E-state index contributed by atoms with van der Waals surface area (Å²) in [5.74, 6) is 1.55. The average molecular weight is 310 g/mol. The first-order valence-electron chi connectivity index (χ1n) is 7.17. The predicted molar refractivity (Wildman–Crippen MR) is 85.9 cm³/mol. The fraction of sp³-hybridized carbons (Fsp3) is 0.533. The molecular formula is C15H22N2O3S. The highest BCUT2D eigenvalue weighted by Crippen LogP contribution is 2.26. The van der Waals surface area contributed by atoms with E-state index >= 15 is 0 Å². The molecule has 0 bridgehead atoms. The largest absolute Gasteiger partial charge is 0.497 e. The van der Waals surface area contributed by atoms with Gasteiger partial charge in [-0.15, -0.1) is 0 Å². The maximum Gasteiger partial charge on any atom is 0.237 e. The minimum absolute atomic E-state index is 0.0297. The third kappa shape index (κ3) is 4.74. The van der Waals surface area contributed by atoms with Crippen LogP contribution in [0.2, 0.25) is 0 Å². The second-order valence-electron chi connectivity index (χ2n) is 5.40. The number of hydrogen-bond donors (Lipinski definition) is 2. The molecule has 1 aromatic carbocycles. The van der Waals surface area contributed by atoms with Crippen LogP contribution in [-0.2, 0) is 15.6 Å². The SMILES string of the molecule is COc1ccc(NC(=O)CS(=O)CC2CCCC2)c(N)c1. The average Bonchev–Trinajstić information content (AvgIpc) is 2.93. The minimum Gasteiger partial charge on any atom is -0.497 e. The van der Waals surface area contributed by atoms with Crippen LogP contribution in [-0.4, -0.2) is 28.7 Å². The van der Waals surface area contributed by atoms with Crippen molar-refractivity contribution in [3.8, 4) is 5.75 Å². The lowest BCUT2D eigenvalue weighted by molar-refractivity contribution is -0.113. The molecule has 0 saturated heterocycles. The lowest BCUT2D eigenvalue weighted by Crippen LogP contribution is -2.23. The number of anilines is 2. The molecule has 1 fully saturated rings. The molecule has 6 heteroatoms. The number of carbonyl (C=O) groups excluding carboxylic acids is 1. The van der Waals surface area contributed by atoms with Crippen LogP contribution < -0.4 is 15.8 Å². The van der Waals surface area contributed by atoms with Crippen LogP contribution >= 0.6 is 0 Å². The number of benzene rings is 1. The van der Waals surface area contributed by atoms with Crippen LogP contribution in [0.3, 0.4) is 0 Å². The van der Waals surface area contributed by atoms with E-state index in [-0.39, 0.29) is 11.7 Å². The fourth-order valence-electron chi connectivity index (χ4n) is 2.61. The first-order valence-corrected chi connectivity index (χ1v) is 8.65. The summed E-state index contributed by atoms with van der Waals surface area (Å²) in [6, 6.07) is 5.05. The van der Waals surface area contributed by atoms with Crippen LogP contribution in [0.1, 0.15) is 25.7 Å².